The van der Waals surface area contributed by atoms with E-state index < -0.39 is 0 Å². The molecule has 2 N–H and O–H groups in total. The molecule has 0 spiro atoms. The number of fused-ring (bicyclic) bond motifs is 1. The predicted molar refractivity (Wildman–Crippen MR) is 81.8 cm³/mol. The highest BCUT2D eigenvalue weighted by atomic mass is 32.1. The fourth-order valence-electron chi connectivity index (χ4n) is 3.57. The number of amides is 1. The number of carbonyl (C=O) groups is 1. The lowest BCUT2D eigenvalue weighted by molar-refractivity contribution is -0.131. The first kappa shape index (κ1) is 14.0. The van der Waals surface area contributed by atoms with Crippen molar-refractivity contribution in [1.29, 1.82) is 0 Å². The first-order valence-electron chi connectivity index (χ1n) is 7.41. The molecule has 1 aromatic heterocycles. The minimum Gasteiger partial charge on any atom is -0.337 e. The molecular weight excluding hydrogens is 270 g/mol. The zero-order valence-corrected chi connectivity index (χ0v) is 13.0. The standard InChI is InChI=1S/C15H23N3OS/c1-10-5-8-20-15(10)14(11(2)16)17-6-7-18-12(9-17)3-4-13(18)19/h5,8,11-12,14H,3-4,6-7,9,16H2,1-2H3. The van der Waals surface area contributed by atoms with E-state index in [0.717, 1.165) is 32.5 Å². The maximum absolute atomic E-state index is 11.8. The van der Waals surface area contributed by atoms with Crippen molar-refractivity contribution in [2.45, 2.75) is 44.8 Å². The first-order chi connectivity index (χ1) is 9.58. The molecule has 1 aromatic rings. The van der Waals surface area contributed by atoms with Crippen molar-refractivity contribution in [3.63, 3.8) is 0 Å². The molecule has 0 aromatic carbocycles. The van der Waals surface area contributed by atoms with E-state index in [1.807, 2.05) is 0 Å². The van der Waals surface area contributed by atoms with Gasteiger partial charge in [-0.05, 0) is 37.3 Å². The van der Waals surface area contributed by atoms with Crippen LogP contribution in [0.2, 0.25) is 0 Å². The summed E-state index contributed by atoms with van der Waals surface area (Å²) in [5, 5.41) is 2.15. The van der Waals surface area contributed by atoms with Gasteiger partial charge in [0.2, 0.25) is 5.91 Å². The van der Waals surface area contributed by atoms with Crippen LogP contribution in [0.5, 0.6) is 0 Å². The Labute approximate surface area is 124 Å². The Balaban J connectivity index is 1.80. The Morgan fingerprint density at radius 3 is 2.90 bits per heavy atom. The highest BCUT2D eigenvalue weighted by molar-refractivity contribution is 7.10. The third-order valence-corrected chi connectivity index (χ3v) is 5.68. The van der Waals surface area contributed by atoms with Gasteiger partial charge in [-0.1, -0.05) is 0 Å². The molecule has 5 heteroatoms. The Kier molecular flexibility index (Phi) is 3.84. The first-order valence-corrected chi connectivity index (χ1v) is 8.29. The molecule has 2 aliphatic heterocycles. The summed E-state index contributed by atoms with van der Waals surface area (Å²) in [6.45, 7) is 7.02. The normalized spacial score (nSPS) is 26.6. The van der Waals surface area contributed by atoms with Gasteiger partial charge in [0, 0.05) is 43.0 Å². The average molecular weight is 293 g/mol. The number of hydrogen-bond donors (Lipinski definition) is 1. The molecule has 110 valence electrons. The number of thiophene rings is 1. The number of nitrogens with two attached hydrogens (primary N) is 1. The van der Waals surface area contributed by atoms with Gasteiger partial charge in [0.25, 0.3) is 0 Å². The molecule has 0 radical (unpaired) electrons. The second kappa shape index (κ2) is 5.47. The van der Waals surface area contributed by atoms with Crippen LogP contribution in [0.4, 0.5) is 0 Å². The monoisotopic (exact) mass is 293 g/mol. The predicted octanol–water partition coefficient (Wildman–Crippen LogP) is 1.75. The molecule has 2 fully saturated rings. The lowest BCUT2D eigenvalue weighted by atomic mass is 10.0. The second-order valence-corrected chi connectivity index (χ2v) is 6.99. The second-order valence-electron chi connectivity index (χ2n) is 6.05. The van der Waals surface area contributed by atoms with E-state index in [2.05, 4.69) is 35.1 Å². The van der Waals surface area contributed by atoms with Gasteiger partial charge in [-0.3, -0.25) is 9.69 Å². The van der Waals surface area contributed by atoms with E-state index in [1.165, 1.54) is 10.4 Å². The fourth-order valence-corrected chi connectivity index (χ4v) is 4.74. The lowest BCUT2D eigenvalue weighted by Gasteiger charge is -2.42. The molecule has 3 atom stereocenters. The molecule has 1 amide bonds. The zero-order valence-electron chi connectivity index (χ0n) is 12.2. The summed E-state index contributed by atoms with van der Waals surface area (Å²) in [5.74, 6) is 0.333. The van der Waals surface area contributed by atoms with Gasteiger partial charge in [-0.2, -0.15) is 0 Å². The van der Waals surface area contributed by atoms with Crippen molar-refractivity contribution >= 4 is 17.2 Å². The number of aryl methyl sites for hydroxylation is 1. The minimum atomic E-state index is 0.107. The summed E-state index contributed by atoms with van der Waals surface area (Å²) in [6.07, 6.45) is 1.73. The zero-order chi connectivity index (χ0) is 14.3. The van der Waals surface area contributed by atoms with Crippen LogP contribution in [0.1, 0.15) is 36.2 Å². The van der Waals surface area contributed by atoms with E-state index in [9.17, 15) is 4.79 Å². The summed E-state index contributed by atoms with van der Waals surface area (Å²) in [7, 11) is 0. The van der Waals surface area contributed by atoms with E-state index >= 15 is 0 Å². The van der Waals surface area contributed by atoms with E-state index in [4.69, 9.17) is 5.73 Å². The molecule has 3 unspecified atom stereocenters. The molecule has 0 bridgehead atoms. The van der Waals surface area contributed by atoms with Crippen LogP contribution in [0.25, 0.3) is 0 Å². The molecular formula is C15H23N3OS. The molecule has 3 rings (SSSR count). The van der Waals surface area contributed by atoms with Gasteiger partial charge in [0.1, 0.15) is 0 Å². The minimum absolute atomic E-state index is 0.107. The largest absolute Gasteiger partial charge is 0.337 e. The van der Waals surface area contributed by atoms with Crippen LogP contribution in [-0.2, 0) is 4.79 Å². The van der Waals surface area contributed by atoms with E-state index in [-0.39, 0.29) is 12.1 Å². The van der Waals surface area contributed by atoms with Crippen molar-refractivity contribution in [3.8, 4) is 0 Å². The summed E-state index contributed by atoms with van der Waals surface area (Å²) >= 11 is 1.80. The smallest absolute Gasteiger partial charge is 0.222 e. The van der Waals surface area contributed by atoms with Crippen LogP contribution in [0.3, 0.4) is 0 Å². The maximum atomic E-state index is 11.8. The number of hydrogen-bond acceptors (Lipinski definition) is 4. The van der Waals surface area contributed by atoms with Gasteiger partial charge in [0.05, 0.1) is 6.04 Å². The highest BCUT2D eigenvalue weighted by Crippen LogP contribution is 2.34. The molecule has 0 saturated carbocycles. The Morgan fingerprint density at radius 2 is 2.25 bits per heavy atom. The molecule has 20 heavy (non-hydrogen) atoms. The SMILES string of the molecule is Cc1ccsc1C(C(C)N)N1CCN2C(=O)CCC2C1. The number of rotatable bonds is 3. The van der Waals surface area contributed by atoms with Gasteiger partial charge < -0.3 is 10.6 Å². The Morgan fingerprint density at radius 1 is 1.45 bits per heavy atom. The Hall–Kier alpha value is -0.910. The molecule has 0 aliphatic carbocycles. The number of piperazine rings is 1. The number of nitrogens with zero attached hydrogens (tertiary/aromatic N) is 2. The summed E-state index contributed by atoms with van der Waals surface area (Å²) in [4.78, 5) is 17.7. The number of carbonyl (C=O) groups excluding carboxylic acids is 1. The van der Waals surface area contributed by atoms with Crippen molar-refractivity contribution in [2.75, 3.05) is 19.6 Å². The molecule has 2 aliphatic rings. The van der Waals surface area contributed by atoms with Crippen LogP contribution < -0.4 is 5.73 Å². The average Bonchev–Trinajstić information content (AvgIpc) is 2.97. The molecule has 4 nitrogen and oxygen atoms in total. The van der Waals surface area contributed by atoms with Crippen molar-refractivity contribution in [2.24, 2.45) is 5.73 Å². The fraction of sp³-hybridized carbons (Fsp3) is 0.667. The van der Waals surface area contributed by atoms with Gasteiger partial charge in [-0.25, -0.2) is 0 Å². The summed E-state index contributed by atoms with van der Waals surface area (Å²) < 4.78 is 0. The van der Waals surface area contributed by atoms with E-state index in [0.29, 0.717) is 11.9 Å². The van der Waals surface area contributed by atoms with Crippen LogP contribution in [-0.4, -0.2) is 47.4 Å². The molecule has 2 saturated heterocycles. The third-order valence-electron chi connectivity index (χ3n) is 4.59. The maximum Gasteiger partial charge on any atom is 0.222 e. The van der Waals surface area contributed by atoms with Gasteiger partial charge in [0.15, 0.2) is 0 Å². The van der Waals surface area contributed by atoms with Crippen LogP contribution in [0.15, 0.2) is 11.4 Å². The Bertz CT molecular complexity index is 499. The van der Waals surface area contributed by atoms with Crippen molar-refractivity contribution in [1.82, 2.24) is 9.80 Å². The third kappa shape index (κ3) is 2.38. The summed E-state index contributed by atoms with van der Waals surface area (Å²) in [5.41, 5.74) is 7.61. The molecule has 3 heterocycles. The van der Waals surface area contributed by atoms with Crippen LogP contribution in [0, 0.1) is 6.92 Å². The van der Waals surface area contributed by atoms with Crippen molar-refractivity contribution < 1.29 is 4.79 Å². The van der Waals surface area contributed by atoms with Crippen LogP contribution >= 0.6 is 11.3 Å². The lowest BCUT2D eigenvalue weighted by Crippen LogP contribution is -2.54. The highest BCUT2D eigenvalue weighted by Gasteiger charge is 2.38. The quantitative estimate of drug-likeness (QED) is 0.924. The van der Waals surface area contributed by atoms with E-state index in [1.54, 1.807) is 11.3 Å². The van der Waals surface area contributed by atoms with Gasteiger partial charge in [-0.15, -0.1) is 11.3 Å². The summed E-state index contributed by atoms with van der Waals surface area (Å²) in [6, 6.07) is 2.96. The van der Waals surface area contributed by atoms with Gasteiger partial charge >= 0.3 is 0 Å². The topological polar surface area (TPSA) is 49.6 Å². The van der Waals surface area contributed by atoms with Crippen molar-refractivity contribution in [3.05, 3.63) is 21.9 Å².